The highest BCUT2D eigenvalue weighted by atomic mass is 32.1. The molecule has 2 atom stereocenters. The van der Waals surface area contributed by atoms with Crippen LogP contribution in [0, 0.1) is 6.92 Å². The first-order valence-corrected chi connectivity index (χ1v) is 7.98. The predicted octanol–water partition coefficient (Wildman–Crippen LogP) is 4.65. The summed E-state index contributed by atoms with van der Waals surface area (Å²) in [5.74, 6) is 1.43. The van der Waals surface area contributed by atoms with Gasteiger partial charge in [-0.1, -0.05) is 26.0 Å². The van der Waals surface area contributed by atoms with E-state index >= 15 is 0 Å². The monoisotopic (exact) mass is 289 g/mol. The van der Waals surface area contributed by atoms with E-state index in [0.717, 1.165) is 16.9 Å². The van der Waals surface area contributed by atoms with Gasteiger partial charge in [0.1, 0.15) is 11.9 Å². The van der Waals surface area contributed by atoms with E-state index in [1.54, 1.807) is 11.3 Å². The molecule has 0 radical (unpaired) electrons. The quantitative estimate of drug-likeness (QED) is 0.869. The Labute approximate surface area is 125 Å². The summed E-state index contributed by atoms with van der Waals surface area (Å²) >= 11 is 1.67. The number of aryl methyl sites for hydroxylation is 1. The maximum atomic E-state index is 6.22. The molecule has 0 saturated carbocycles. The van der Waals surface area contributed by atoms with E-state index in [1.165, 1.54) is 5.56 Å². The lowest BCUT2D eigenvalue weighted by Crippen LogP contribution is -2.28. The molecule has 3 heteroatoms. The Bertz CT molecular complexity index is 546. The topological polar surface area (TPSA) is 35.2 Å². The summed E-state index contributed by atoms with van der Waals surface area (Å²) in [6.07, 6.45) is -0.0950. The van der Waals surface area contributed by atoms with Crippen molar-refractivity contribution in [2.75, 3.05) is 0 Å². The van der Waals surface area contributed by atoms with Crippen LogP contribution in [0.5, 0.6) is 5.75 Å². The third-order valence-electron chi connectivity index (χ3n) is 3.48. The molecule has 108 valence electrons. The number of hydrogen-bond acceptors (Lipinski definition) is 3. The summed E-state index contributed by atoms with van der Waals surface area (Å²) < 4.78 is 6.22. The van der Waals surface area contributed by atoms with Gasteiger partial charge in [0.15, 0.2) is 0 Å². The molecule has 0 aliphatic heterocycles. The third kappa shape index (κ3) is 3.41. The first-order valence-electron chi connectivity index (χ1n) is 7.04. The SMILES string of the molecule is Cc1ccc(C(C)C)cc1OC(c1ccsc1)C(C)N. The Morgan fingerprint density at radius 1 is 1.10 bits per heavy atom. The maximum absolute atomic E-state index is 6.22. The minimum Gasteiger partial charge on any atom is -0.484 e. The van der Waals surface area contributed by atoms with Gasteiger partial charge in [0, 0.05) is 11.6 Å². The summed E-state index contributed by atoms with van der Waals surface area (Å²) in [5.41, 5.74) is 9.69. The van der Waals surface area contributed by atoms with Crippen molar-refractivity contribution in [3.8, 4) is 5.75 Å². The van der Waals surface area contributed by atoms with Crippen LogP contribution in [0.1, 0.15) is 49.5 Å². The molecule has 0 fully saturated rings. The number of nitrogens with two attached hydrogens (primary N) is 1. The smallest absolute Gasteiger partial charge is 0.139 e. The highest BCUT2D eigenvalue weighted by molar-refractivity contribution is 7.07. The highest BCUT2D eigenvalue weighted by Crippen LogP contribution is 2.30. The Hall–Kier alpha value is -1.32. The normalized spacial score (nSPS) is 14.3. The summed E-state index contributed by atoms with van der Waals surface area (Å²) in [6, 6.07) is 8.46. The molecule has 0 saturated heterocycles. The second-order valence-electron chi connectivity index (χ2n) is 5.63. The van der Waals surface area contributed by atoms with Crippen molar-refractivity contribution in [1.82, 2.24) is 0 Å². The van der Waals surface area contributed by atoms with Crippen molar-refractivity contribution in [1.29, 1.82) is 0 Å². The van der Waals surface area contributed by atoms with Gasteiger partial charge in [-0.05, 0) is 53.8 Å². The second kappa shape index (κ2) is 6.42. The largest absolute Gasteiger partial charge is 0.484 e. The van der Waals surface area contributed by atoms with E-state index in [-0.39, 0.29) is 12.1 Å². The standard InChI is InChI=1S/C17H23NOS/c1-11(2)14-6-5-12(3)16(9-14)19-17(13(4)18)15-7-8-20-10-15/h5-11,13,17H,18H2,1-4H3. The van der Waals surface area contributed by atoms with Crippen molar-refractivity contribution in [3.63, 3.8) is 0 Å². The van der Waals surface area contributed by atoms with E-state index < -0.39 is 0 Å². The molecule has 0 amide bonds. The highest BCUT2D eigenvalue weighted by Gasteiger charge is 2.19. The van der Waals surface area contributed by atoms with E-state index in [4.69, 9.17) is 10.5 Å². The average Bonchev–Trinajstić information content (AvgIpc) is 2.90. The zero-order valence-corrected chi connectivity index (χ0v) is 13.4. The molecule has 1 heterocycles. The van der Waals surface area contributed by atoms with Crippen molar-refractivity contribution in [3.05, 3.63) is 51.7 Å². The first kappa shape index (κ1) is 15.1. The van der Waals surface area contributed by atoms with Gasteiger partial charge in [0.2, 0.25) is 0 Å². The fraction of sp³-hybridized carbons (Fsp3) is 0.412. The van der Waals surface area contributed by atoms with Gasteiger partial charge in [-0.15, -0.1) is 0 Å². The minimum absolute atomic E-state index is 0.0493. The summed E-state index contributed by atoms with van der Waals surface area (Å²) in [4.78, 5) is 0. The number of hydrogen-bond donors (Lipinski definition) is 1. The molecule has 2 unspecified atom stereocenters. The third-order valence-corrected chi connectivity index (χ3v) is 4.18. The fourth-order valence-corrected chi connectivity index (χ4v) is 2.84. The molecule has 0 spiro atoms. The molecule has 2 rings (SSSR count). The molecule has 20 heavy (non-hydrogen) atoms. The summed E-state index contributed by atoms with van der Waals surface area (Å²) in [6.45, 7) is 8.45. The van der Waals surface area contributed by atoms with Gasteiger partial charge in [-0.2, -0.15) is 11.3 Å². The lowest BCUT2D eigenvalue weighted by molar-refractivity contribution is 0.179. The van der Waals surface area contributed by atoms with Gasteiger partial charge in [0.25, 0.3) is 0 Å². The van der Waals surface area contributed by atoms with E-state index in [2.05, 4.69) is 55.8 Å². The molecule has 1 aromatic carbocycles. The van der Waals surface area contributed by atoms with E-state index in [0.29, 0.717) is 5.92 Å². The first-order chi connectivity index (χ1) is 9.49. The van der Waals surface area contributed by atoms with Gasteiger partial charge in [0.05, 0.1) is 0 Å². The molecule has 2 nitrogen and oxygen atoms in total. The number of thiophene rings is 1. The minimum atomic E-state index is -0.0950. The lowest BCUT2D eigenvalue weighted by Gasteiger charge is -2.23. The van der Waals surface area contributed by atoms with Crippen molar-refractivity contribution >= 4 is 11.3 Å². The predicted molar refractivity (Wildman–Crippen MR) is 86.6 cm³/mol. The van der Waals surface area contributed by atoms with Crippen LogP contribution in [0.15, 0.2) is 35.0 Å². The van der Waals surface area contributed by atoms with Gasteiger partial charge >= 0.3 is 0 Å². The molecular formula is C17H23NOS. The Morgan fingerprint density at radius 3 is 2.40 bits per heavy atom. The van der Waals surface area contributed by atoms with Crippen LogP contribution < -0.4 is 10.5 Å². The van der Waals surface area contributed by atoms with Crippen LogP contribution in [0.2, 0.25) is 0 Å². The molecule has 2 aromatic rings. The van der Waals surface area contributed by atoms with Crippen LogP contribution in [0.3, 0.4) is 0 Å². The number of ether oxygens (including phenoxy) is 1. The number of rotatable bonds is 5. The lowest BCUT2D eigenvalue weighted by atomic mass is 10.0. The molecular weight excluding hydrogens is 266 g/mol. The summed E-state index contributed by atoms with van der Waals surface area (Å²) in [7, 11) is 0. The Morgan fingerprint density at radius 2 is 1.85 bits per heavy atom. The average molecular weight is 289 g/mol. The number of benzene rings is 1. The molecule has 0 aliphatic carbocycles. The second-order valence-corrected chi connectivity index (χ2v) is 6.41. The maximum Gasteiger partial charge on any atom is 0.139 e. The molecule has 0 bridgehead atoms. The molecule has 1 aromatic heterocycles. The van der Waals surface area contributed by atoms with E-state index in [1.807, 2.05) is 6.92 Å². The van der Waals surface area contributed by atoms with Crippen molar-refractivity contribution in [2.24, 2.45) is 5.73 Å². The Kier molecular flexibility index (Phi) is 4.84. The zero-order chi connectivity index (χ0) is 14.7. The van der Waals surface area contributed by atoms with Crippen molar-refractivity contribution in [2.45, 2.75) is 45.8 Å². The molecule has 2 N–H and O–H groups in total. The summed E-state index contributed by atoms with van der Waals surface area (Å²) in [5, 5.41) is 4.17. The van der Waals surface area contributed by atoms with Gasteiger partial charge < -0.3 is 10.5 Å². The van der Waals surface area contributed by atoms with Gasteiger partial charge in [-0.25, -0.2) is 0 Å². The Balaban J connectivity index is 2.29. The van der Waals surface area contributed by atoms with E-state index in [9.17, 15) is 0 Å². The van der Waals surface area contributed by atoms with Crippen molar-refractivity contribution < 1.29 is 4.74 Å². The molecule has 0 aliphatic rings. The van der Waals surface area contributed by atoms with Crippen LogP contribution >= 0.6 is 11.3 Å². The van der Waals surface area contributed by atoms with Gasteiger partial charge in [-0.3, -0.25) is 0 Å². The zero-order valence-electron chi connectivity index (χ0n) is 12.6. The fourth-order valence-electron chi connectivity index (χ4n) is 2.16. The van der Waals surface area contributed by atoms with Crippen LogP contribution in [-0.4, -0.2) is 6.04 Å². The van der Waals surface area contributed by atoms with Crippen LogP contribution in [0.4, 0.5) is 0 Å². The van der Waals surface area contributed by atoms with Crippen LogP contribution in [-0.2, 0) is 0 Å². The van der Waals surface area contributed by atoms with Crippen LogP contribution in [0.25, 0.3) is 0 Å².